The number of carbonyl (C=O) groups is 2. The second-order valence-electron chi connectivity index (χ2n) is 7.25. The van der Waals surface area contributed by atoms with Crippen LogP contribution in [0, 0.1) is 11.8 Å². The molecule has 2 aliphatic heterocycles. The van der Waals surface area contributed by atoms with E-state index in [1.165, 1.54) is 0 Å². The van der Waals surface area contributed by atoms with E-state index in [4.69, 9.17) is 4.74 Å². The zero-order chi connectivity index (χ0) is 17.4. The average molecular weight is 357 g/mol. The third-order valence-electron chi connectivity index (χ3n) is 5.64. The van der Waals surface area contributed by atoms with Crippen molar-refractivity contribution in [2.24, 2.45) is 11.8 Å². The van der Waals surface area contributed by atoms with Crippen LogP contribution in [0.2, 0.25) is 0 Å². The van der Waals surface area contributed by atoms with Gasteiger partial charge in [0.05, 0.1) is 6.10 Å². The highest BCUT2D eigenvalue weighted by atomic mass is 16.5. The highest BCUT2D eigenvalue weighted by Crippen LogP contribution is 2.39. The van der Waals surface area contributed by atoms with Crippen molar-refractivity contribution in [3.63, 3.8) is 0 Å². The lowest BCUT2D eigenvalue weighted by molar-refractivity contribution is -0.125. The zero-order valence-electron chi connectivity index (χ0n) is 14.4. The van der Waals surface area contributed by atoms with Crippen LogP contribution < -0.4 is 5.32 Å². The topological polar surface area (TPSA) is 71.5 Å². The number of carbonyl (C=O) groups excluding carboxylic acids is 2. The first-order valence-corrected chi connectivity index (χ1v) is 8.91. The van der Waals surface area contributed by atoms with Crippen LogP contribution in [0.15, 0.2) is 18.3 Å². The van der Waals surface area contributed by atoms with Gasteiger partial charge in [0.1, 0.15) is 5.82 Å². The van der Waals surface area contributed by atoms with Gasteiger partial charge in [0.15, 0.2) is 0 Å². The van der Waals surface area contributed by atoms with Gasteiger partial charge in [-0.3, -0.25) is 9.59 Å². The van der Waals surface area contributed by atoms with E-state index in [2.05, 4.69) is 10.3 Å². The molecule has 3 aliphatic rings. The number of likely N-dealkylation sites (tertiary alicyclic amines) is 1. The SMILES string of the molecule is C.COC1CC2CN(C(=O)/C=C/c3cnc4c(c3)CCC(=O)N4)CC2C1. The van der Waals surface area contributed by atoms with Crippen LogP contribution in [0.5, 0.6) is 0 Å². The number of amides is 2. The molecule has 1 aliphatic carbocycles. The Bertz CT molecular complexity index is 717. The molecule has 0 radical (unpaired) electrons. The van der Waals surface area contributed by atoms with Gasteiger partial charge in [-0.1, -0.05) is 7.43 Å². The number of aryl methyl sites for hydroxylation is 1. The van der Waals surface area contributed by atoms with E-state index in [-0.39, 0.29) is 19.2 Å². The molecule has 2 fully saturated rings. The molecule has 140 valence electrons. The Morgan fingerprint density at radius 2 is 2.04 bits per heavy atom. The Kier molecular flexibility index (Phi) is 5.41. The van der Waals surface area contributed by atoms with Crippen molar-refractivity contribution in [3.05, 3.63) is 29.5 Å². The van der Waals surface area contributed by atoms with Crippen LogP contribution in [0.1, 0.15) is 37.8 Å². The summed E-state index contributed by atoms with van der Waals surface area (Å²) in [4.78, 5) is 30.1. The van der Waals surface area contributed by atoms with Gasteiger partial charge in [0.25, 0.3) is 0 Å². The average Bonchev–Trinajstić information content (AvgIpc) is 3.18. The number of nitrogens with one attached hydrogen (secondary N) is 1. The van der Waals surface area contributed by atoms with Crippen molar-refractivity contribution in [3.8, 4) is 0 Å². The second kappa shape index (κ2) is 7.58. The van der Waals surface area contributed by atoms with Crippen molar-refractivity contribution >= 4 is 23.7 Å². The molecule has 2 atom stereocenters. The molecule has 6 heteroatoms. The van der Waals surface area contributed by atoms with Gasteiger partial charge in [0.2, 0.25) is 11.8 Å². The number of aromatic nitrogens is 1. The highest BCUT2D eigenvalue weighted by Gasteiger charge is 2.41. The molecule has 6 nitrogen and oxygen atoms in total. The standard InChI is InChI=1S/C19H23N3O3.CH4/c1-25-16-7-14-10-22(11-15(14)8-16)18(24)5-2-12-6-13-3-4-17(23)21-19(13)20-9-12;/h2,5-6,9,14-16H,3-4,7-8,10-11H2,1H3,(H,20,21,23);1H4/b5-2+;. The summed E-state index contributed by atoms with van der Waals surface area (Å²) in [5, 5.41) is 2.77. The van der Waals surface area contributed by atoms with Crippen LogP contribution >= 0.6 is 0 Å². The first kappa shape index (κ1) is 18.6. The predicted octanol–water partition coefficient (Wildman–Crippen LogP) is 2.50. The summed E-state index contributed by atoms with van der Waals surface area (Å²) in [7, 11) is 1.77. The van der Waals surface area contributed by atoms with Crippen molar-refractivity contribution in [1.29, 1.82) is 0 Å². The van der Waals surface area contributed by atoms with Gasteiger partial charge in [-0.05, 0) is 54.4 Å². The van der Waals surface area contributed by atoms with Gasteiger partial charge in [-0.15, -0.1) is 0 Å². The van der Waals surface area contributed by atoms with Gasteiger partial charge < -0.3 is 15.0 Å². The van der Waals surface area contributed by atoms with Crippen LogP contribution in [-0.2, 0) is 20.7 Å². The van der Waals surface area contributed by atoms with E-state index in [1.54, 1.807) is 19.4 Å². The van der Waals surface area contributed by atoms with Gasteiger partial charge >= 0.3 is 0 Å². The summed E-state index contributed by atoms with van der Waals surface area (Å²) < 4.78 is 5.45. The van der Waals surface area contributed by atoms with E-state index in [1.807, 2.05) is 17.0 Å². The molecule has 3 heterocycles. The molecule has 1 N–H and O–H groups in total. The lowest BCUT2D eigenvalue weighted by atomic mass is 10.0. The summed E-state index contributed by atoms with van der Waals surface area (Å²) in [5.74, 6) is 1.87. The summed E-state index contributed by atoms with van der Waals surface area (Å²) >= 11 is 0. The van der Waals surface area contributed by atoms with Gasteiger partial charge in [-0.25, -0.2) is 4.98 Å². The van der Waals surface area contributed by atoms with Crippen LogP contribution in [0.25, 0.3) is 6.08 Å². The molecule has 2 unspecified atom stereocenters. The third kappa shape index (κ3) is 3.65. The fourth-order valence-corrected chi connectivity index (χ4v) is 4.26. The summed E-state index contributed by atoms with van der Waals surface area (Å²) in [6, 6.07) is 1.99. The Labute approximate surface area is 154 Å². The molecule has 2 amide bonds. The van der Waals surface area contributed by atoms with Crippen LogP contribution in [0.4, 0.5) is 5.82 Å². The van der Waals surface area contributed by atoms with Crippen LogP contribution in [0.3, 0.4) is 0 Å². The number of pyridine rings is 1. The van der Waals surface area contributed by atoms with E-state index < -0.39 is 0 Å². The Balaban J connectivity index is 0.00000196. The number of ether oxygens (including phenoxy) is 1. The van der Waals surface area contributed by atoms with Crippen molar-refractivity contribution < 1.29 is 14.3 Å². The molecule has 1 saturated heterocycles. The maximum Gasteiger partial charge on any atom is 0.246 e. The van der Waals surface area contributed by atoms with E-state index >= 15 is 0 Å². The first-order valence-electron chi connectivity index (χ1n) is 8.91. The lowest BCUT2D eigenvalue weighted by Crippen LogP contribution is -2.28. The Hall–Kier alpha value is -2.21. The minimum atomic E-state index is 0. The monoisotopic (exact) mass is 357 g/mol. The number of anilines is 1. The van der Waals surface area contributed by atoms with Crippen LogP contribution in [-0.4, -0.2) is 48.0 Å². The van der Waals surface area contributed by atoms with Crippen molar-refractivity contribution in [1.82, 2.24) is 9.88 Å². The molecule has 0 aromatic carbocycles. The molecule has 4 rings (SSSR count). The van der Waals surface area contributed by atoms with Gasteiger partial charge in [0, 0.05) is 38.9 Å². The van der Waals surface area contributed by atoms with Crippen molar-refractivity contribution in [2.75, 3.05) is 25.5 Å². The molecular formula is C20H27N3O3. The molecule has 1 aromatic heterocycles. The largest absolute Gasteiger partial charge is 0.381 e. The minimum Gasteiger partial charge on any atom is -0.381 e. The molecule has 26 heavy (non-hydrogen) atoms. The maximum absolute atomic E-state index is 12.5. The fraction of sp³-hybridized carbons (Fsp3) is 0.550. The number of hydrogen-bond donors (Lipinski definition) is 1. The smallest absolute Gasteiger partial charge is 0.246 e. The molecule has 1 saturated carbocycles. The second-order valence-corrected chi connectivity index (χ2v) is 7.25. The Morgan fingerprint density at radius 1 is 1.31 bits per heavy atom. The third-order valence-corrected chi connectivity index (χ3v) is 5.64. The van der Waals surface area contributed by atoms with E-state index in [0.29, 0.717) is 36.6 Å². The minimum absolute atomic E-state index is 0. The quantitative estimate of drug-likeness (QED) is 0.844. The van der Waals surface area contributed by atoms with Gasteiger partial charge in [-0.2, -0.15) is 0 Å². The number of fused-ring (bicyclic) bond motifs is 2. The predicted molar refractivity (Wildman–Crippen MR) is 101 cm³/mol. The van der Waals surface area contributed by atoms with Crippen molar-refractivity contribution in [2.45, 2.75) is 39.2 Å². The van der Waals surface area contributed by atoms with E-state index in [0.717, 1.165) is 37.1 Å². The summed E-state index contributed by atoms with van der Waals surface area (Å²) in [6.45, 7) is 1.67. The lowest BCUT2D eigenvalue weighted by Gasteiger charge is -2.17. The fourth-order valence-electron chi connectivity index (χ4n) is 4.26. The highest BCUT2D eigenvalue weighted by molar-refractivity contribution is 5.94. The maximum atomic E-state index is 12.5. The number of methoxy groups -OCH3 is 1. The Morgan fingerprint density at radius 3 is 2.73 bits per heavy atom. The summed E-state index contributed by atoms with van der Waals surface area (Å²) in [5.41, 5.74) is 1.91. The molecule has 1 aromatic rings. The number of nitrogens with zero attached hydrogens (tertiary/aromatic N) is 2. The molecule has 0 bridgehead atoms. The van der Waals surface area contributed by atoms with E-state index in [9.17, 15) is 9.59 Å². The normalized spacial score (nSPS) is 27.0. The first-order chi connectivity index (χ1) is 12.1. The molecular weight excluding hydrogens is 330 g/mol. The number of rotatable bonds is 3. The zero-order valence-corrected chi connectivity index (χ0v) is 14.4. The molecule has 0 spiro atoms. The summed E-state index contributed by atoms with van der Waals surface area (Å²) in [6.07, 6.45) is 8.82. The number of hydrogen-bond acceptors (Lipinski definition) is 4.